The Morgan fingerprint density at radius 1 is 1.37 bits per heavy atom. The maximum absolute atomic E-state index is 12.2. The van der Waals surface area contributed by atoms with Crippen LogP contribution in [0.3, 0.4) is 0 Å². The Kier molecular flexibility index (Phi) is 4.24. The predicted molar refractivity (Wildman–Crippen MR) is 78.7 cm³/mol. The van der Waals surface area contributed by atoms with Crippen LogP contribution in [0.15, 0.2) is 46.0 Å². The third-order valence-corrected chi connectivity index (χ3v) is 4.97. The number of sulfonamides is 1. The zero-order valence-electron chi connectivity index (χ0n) is 10.5. The fourth-order valence-electron chi connectivity index (χ4n) is 1.82. The summed E-state index contributed by atoms with van der Waals surface area (Å²) in [5.41, 5.74) is 7.18. The number of rotatable bonds is 5. The topological polar surface area (TPSA) is 72.2 Å². The van der Waals surface area contributed by atoms with Crippen molar-refractivity contribution in [2.24, 2.45) is 0 Å². The van der Waals surface area contributed by atoms with E-state index < -0.39 is 10.0 Å². The molecule has 0 aliphatic carbocycles. The van der Waals surface area contributed by atoms with Crippen LogP contribution in [-0.4, -0.2) is 14.5 Å². The summed E-state index contributed by atoms with van der Waals surface area (Å²) in [4.78, 5) is 0.199. The molecule has 1 aromatic heterocycles. The van der Waals surface area contributed by atoms with Crippen molar-refractivity contribution in [1.82, 2.24) is 4.72 Å². The standard InChI is InChI=1S/C13H16N2O2S2/c1-10(7-11-5-6-18-9-11)15-19(16,17)13-4-2-3-12(14)8-13/h2-6,8-10,15H,7,14H2,1H3. The molecule has 2 aromatic rings. The summed E-state index contributed by atoms with van der Waals surface area (Å²) in [6, 6.07) is 8.12. The van der Waals surface area contributed by atoms with Crippen LogP contribution in [0.2, 0.25) is 0 Å². The zero-order valence-corrected chi connectivity index (χ0v) is 12.2. The van der Waals surface area contributed by atoms with Gasteiger partial charge in [0.2, 0.25) is 10.0 Å². The van der Waals surface area contributed by atoms with Crippen LogP contribution < -0.4 is 10.5 Å². The van der Waals surface area contributed by atoms with Crippen LogP contribution in [0.5, 0.6) is 0 Å². The average molecular weight is 296 g/mol. The van der Waals surface area contributed by atoms with Gasteiger partial charge >= 0.3 is 0 Å². The Bertz CT molecular complexity index is 636. The van der Waals surface area contributed by atoms with Gasteiger partial charge in [-0.2, -0.15) is 11.3 Å². The van der Waals surface area contributed by atoms with E-state index in [9.17, 15) is 8.42 Å². The van der Waals surface area contributed by atoms with Crippen LogP contribution >= 0.6 is 11.3 Å². The minimum absolute atomic E-state index is 0.166. The number of benzene rings is 1. The minimum atomic E-state index is -3.51. The molecule has 19 heavy (non-hydrogen) atoms. The van der Waals surface area contributed by atoms with E-state index in [1.54, 1.807) is 23.5 Å². The lowest BCUT2D eigenvalue weighted by Gasteiger charge is -2.13. The van der Waals surface area contributed by atoms with Crippen LogP contribution in [0, 0.1) is 0 Å². The summed E-state index contributed by atoms with van der Waals surface area (Å²) in [7, 11) is -3.51. The molecule has 3 N–H and O–H groups in total. The maximum Gasteiger partial charge on any atom is 0.240 e. The van der Waals surface area contributed by atoms with E-state index in [4.69, 9.17) is 5.73 Å². The average Bonchev–Trinajstić information content (AvgIpc) is 2.81. The lowest BCUT2D eigenvalue weighted by Crippen LogP contribution is -2.34. The van der Waals surface area contributed by atoms with Crippen LogP contribution in [0.25, 0.3) is 0 Å². The van der Waals surface area contributed by atoms with Crippen LogP contribution in [0.4, 0.5) is 5.69 Å². The van der Waals surface area contributed by atoms with E-state index in [0.29, 0.717) is 12.1 Å². The van der Waals surface area contributed by atoms with Crippen molar-refractivity contribution in [2.45, 2.75) is 24.3 Å². The van der Waals surface area contributed by atoms with Crippen molar-refractivity contribution in [2.75, 3.05) is 5.73 Å². The van der Waals surface area contributed by atoms with Crippen molar-refractivity contribution < 1.29 is 8.42 Å². The van der Waals surface area contributed by atoms with Gasteiger partial charge in [0, 0.05) is 11.7 Å². The number of anilines is 1. The van der Waals surface area contributed by atoms with Crippen LogP contribution in [-0.2, 0) is 16.4 Å². The summed E-state index contributed by atoms with van der Waals surface area (Å²) < 4.78 is 27.0. The van der Waals surface area contributed by atoms with Gasteiger partial charge < -0.3 is 5.73 Å². The Morgan fingerprint density at radius 3 is 2.79 bits per heavy atom. The van der Waals surface area contributed by atoms with Gasteiger partial charge in [0.05, 0.1) is 4.90 Å². The Labute approximate surface area is 117 Å². The number of thiophene rings is 1. The summed E-state index contributed by atoms with van der Waals surface area (Å²) >= 11 is 1.60. The highest BCUT2D eigenvalue weighted by Gasteiger charge is 2.17. The first kappa shape index (κ1) is 14.0. The summed E-state index contributed by atoms with van der Waals surface area (Å²) in [5.74, 6) is 0. The normalized spacial score (nSPS) is 13.3. The van der Waals surface area contributed by atoms with Gasteiger partial charge in [0.25, 0.3) is 0 Å². The molecule has 0 aliphatic rings. The highest BCUT2D eigenvalue weighted by Crippen LogP contribution is 2.14. The van der Waals surface area contributed by atoms with Crippen molar-refractivity contribution in [3.05, 3.63) is 46.7 Å². The molecule has 0 fully saturated rings. The SMILES string of the molecule is CC(Cc1ccsc1)NS(=O)(=O)c1cccc(N)c1. The lowest BCUT2D eigenvalue weighted by molar-refractivity contribution is 0.560. The fraction of sp³-hybridized carbons (Fsp3) is 0.231. The first-order valence-electron chi connectivity index (χ1n) is 5.86. The molecule has 0 bridgehead atoms. The lowest BCUT2D eigenvalue weighted by atomic mass is 10.1. The molecule has 0 aliphatic heterocycles. The number of nitrogen functional groups attached to an aromatic ring is 1. The van der Waals surface area contributed by atoms with E-state index in [0.717, 1.165) is 5.56 Å². The first-order chi connectivity index (χ1) is 8.97. The first-order valence-corrected chi connectivity index (χ1v) is 8.29. The molecule has 2 rings (SSSR count). The zero-order chi connectivity index (χ0) is 13.9. The van der Waals surface area contributed by atoms with E-state index in [-0.39, 0.29) is 10.9 Å². The van der Waals surface area contributed by atoms with E-state index in [1.807, 2.05) is 23.8 Å². The van der Waals surface area contributed by atoms with Gasteiger partial charge in [-0.15, -0.1) is 0 Å². The highest BCUT2D eigenvalue weighted by molar-refractivity contribution is 7.89. The third-order valence-electron chi connectivity index (χ3n) is 2.65. The molecule has 0 spiro atoms. The van der Waals surface area contributed by atoms with E-state index >= 15 is 0 Å². The second-order valence-corrected chi connectivity index (χ2v) is 6.92. The smallest absolute Gasteiger partial charge is 0.240 e. The Hall–Kier alpha value is -1.37. The molecule has 0 amide bonds. The van der Waals surface area contributed by atoms with E-state index in [1.165, 1.54) is 12.1 Å². The van der Waals surface area contributed by atoms with Crippen LogP contribution in [0.1, 0.15) is 12.5 Å². The Balaban J connectivity index is 2.09. The largest absolute Gasteiger partial charge is 0.399 e. The van der Waals surface area contributed by atoms with Gasteiger partial charge in [-0.1, -0.05) is 6.07 Å². The molecular formula is C13H16N2O2S2. The molecule has 1 heterocycles. The van der Waals surface area contributed by atoms with Crippen molar-refractivity contribution in [3.8, 4) is 0 Å². The molecule has 6 heteroatoms. The predicted octanol–water partition coefficient (Wildman–Crippen LogP) is 2.24. The minimum Gasteiger partial charge on any atom is -0.399 e. The molecule has 4 nitrogen and oxygen atoms in total. The third kappa shape index (κ3) is 3.79. The quantitative estimate of drug-likeness (QED) is 0.831. The summed E-state index contributed by atoms with van der Waals surface area (Å²) in [6.07, 6.45) is 0.672. The van der Waals surface area contributed by atoms with Crippen molar-refractivity contribution in [1.29, 1.82) is 0 Å². The number of hydrogen-bond acceptors (Lipinski definition) is 4. The van der Waals surface area contributed by atoms with Gasteiger partial charge in [-0.3, -0.25) is 0 Å². The Morgan fingerprint density at radius 2 is 2.16 bits per heavy atom. The van der Waals surface area contributed by atoms with Gasteiger partial charge in [-0.25, -0.2) is 13.1 Å². The molecular weight excluding hydrogens is 280 g/mol. The number of nitrogens with two attached hydrogens (primary N) is 1. The highest BCUT2D eigenvalue weighted by atomic mass is 32.2. The molecule has 102 valence electrons. The number of nitrogens with one attached hydrogen (secondary N) is 1. The maximum atomic E-state index is 12.2. The fourth-order valence-corrected chi connectivity index (χ4v) is 3.80. The van der Waals surface area contributed by atoms with E-state index in [2.05, 4.69) is 4.72 Å². The molecule has 0 saturated heterocycles. The molecule has 1 unspecified atom stereocenters. The van der Waals surface area contributed by atoms with Crippen molar-refractivity contribution >= 4 is 27.0 Å². The second kappa shape index (κ2) is 5.73. The van der Waals surface area contributed by atoms with Gasteiger partial charge in [0.1, 0.15) is 0 Å². The summed E-state index contributed by atoms with van der Waals surface area (Å²) in [6.45, 7) is 1.85. The second-order valence-electron chi connectivity index (χ2n) is 4.43. The monoisotopic (exact) mass is 296 g/mol. The molecule has 1 aromatic carbocycles. The summed E-state index contributed by atoms with van der Waals surface area (Å²) in [5, 5.41) is 4.00. The van der Waals surface area contributed by atoms with Crippen molar-refractivity contribution in [3.63, 3.8) is 0 Å². The molecule has 1 atom stereocenters. The number of hydrogen-bond donors (Lipinski definition) is 2. The van der Waals surface area contributed by atoms with Gasteiger partial charge in [0.15, 0.2) is 0 Å². The molecule has 0 radical (unpaired) electrons. The van der Waals surface area contributed by atoms with Gasteiger partial charge in [-0.05, 0) is 53.9 Å². The molecule has 0 saturated carbocycles.